The van der Waals surface area contributed by atoms with Crippen LogP contribution in [0.5, 0.6) is 0 Å². The fourth-order valence-electron chi connectivity index (χ4n) is 2.90. The Hall–Kier alpha value is -2.92. The molecule has 0 atom stereocenters. The second-order valence-electron chi connectivity index (χ2n) is 5.79. The van der Waals surface area contributed by atoms with E-state index < -0.39 is 0 Å². The summed E-state index contributed by atoms with van der Waals surface area (Å²) in [5.74, 6) is 1.23. The van der Waals surface area contributed by atoms with Crippen molar-refractivity contribution in [1.29, 1.82) is 0 Å². The van der Waals surface area contributed by atoms with Crippen LogP contribution in [0.4, 0.5) is 0 Å². The average molecular weight is 318 g/mol. The maximum absolute atomic E-state index is 5.68. The molecule has 5 nitrogen and oxygen atoms in total. The number of benzene rings is 2. The van der Waals surface area contributed by atoms with Crippen LogP contribution in [0.3, 0.4) is 0 Å². The first kappa shape index (κ1) is 14.7. The van der Waals surface area contributed by atoms with Gasteiger partial charge in [0.2, 0.25) is 0 Å². The Balaban J connectivity index is 1.64. The summed E-state index contributed by atoms with van der Waals surface area (Å²) in [4.78, 5) is 7.80. The van der Waals surface area contributed by atoms with Crippen molar-refractivity contribution in [3.05, 3.63) is 71.7 Å². The zero-order chi connectivity index (χ0) is 16.4. The molecule has 0 unspecified atom stereocenters. The predicted octanol–water partition coefficient (Wildman–Crippen LogP) is 3.31. The smallest absolute Gasteiger partial charge is 0.257 e. The molecule has 0 saturated heterocycles. The Morgan fingerprint density at radius 2 is 1.96 bits per heavy atom. The molecule has 2 aromatic carbocycles. The monoisotopic (exact) mass is 318 g/mol. The summed E-state index contributed by atoms with van der Waals surface area (Å²) in [6.45, 7) is 0.624. The van der Waals surface area contributed by atoms with E-state index in [1.54, 1.807) is 0 Å². The van der Waals surface area contributed by atoms with Gasteiger partial charge in [0, 0.05) is 29.1 Å². The summed E-state index contributed by atoms with van der Waals surface area (Å²) >= 11 is 0. The van der Waals surface area contributed by atoms with Crippen LogP contribution in [0.15, 0.2) is 59.3 Å². The molecule has 120 valence electrons. The summed E-state index contributed by atoms with van der Waals surface area (Å²) in [6, 6.07) is 16.2. The molecule has 0 bridgehead atoms. The number of aromatic amines is 1. The molecule has 2 heterocycles. The van der Waals surface area contributed by atoms with Gasteiger partial charge >= 0.3 is 0 Å². The molecule has 0 aliphatic rings. The van der Waals surface area contributed by atoms with Crippen molar-refractivity contribution in [2.24, 2.45) is 5.73 Å². The largest absolute Gasteiger partial charge is 0.361 e. The standard InChI is InChI=1S/C19H18N4O/c20-9-8-15-12-21-17-7-6-14(11-16(15)17)19-22-18(23-24-19)10-13-4-2-1-3-5-13/h1-7,11-12,21H,8-10,20H2. The van der Waals surface area contributed by atoms with Gasteiger partial charge < -0.3 is 15.2 Å². The maximum Gasteiger partial charge on any atom is 0.257 e. The first-order valence-electron chi connectivity index (χ1n) is 8.00. The Morgan fingerprint density at radius 3 is 2.79 bits per heavy atom. The fourth-order valence-corrected chi connectivity index (χ4v) is 2.90. The number of H-pyrrole nitrogens is 1. The molecule has 5 heteroatoms. The van der Waals surface area contributed by atoms with Gasteiger partial charge in [0.15, 0.2) is 5.82 Å². The second-order valence-corrected chi connectivity index (χ2v) is 5.79. The molecule has 0 spiro atoms. The van der Waals surface area contributed by atoms with E-state index in [1.165, 1.54) is 5.56 Å². The van der Waals surface area contributed by atoms with Gasteiger partial charge in [0.05, 0.1) is 0 Å². The van der Waals surface area contributed by atoms with Crippen LogP contribution >= 0.6 is 0 Å². The summed E-state index contributed by atoms with van der Waals surface area (Å²) in [7, 11) is 0. The van der Waals surface area contributed by atoms with Crippen molar-refractivity contribution >= 4 is 10.9 Å². The zero-order valence-electron chi connectivity index (χ0n) is 13.2. The van der Waals surface area contributed by atoms with Crippen molar-refractivity contribution in [2.75, 3.05) is 6.54 Å². The first-order chi connectivity index (χ1) is 11.8. The lowest BCUT2D eigenvalue weighted by Crippen LogP contribution is -2.01. The van der Waals surface area contributed by atoms with Crippen LogP contribution < -0.4 is 5.73 Å². The van der Waals surface area contributed by atoms with Crippen LogP contribution in [0.25, 0.3) is 22.4 Å². The minimum atomic E-state index is 0.544. The van der Waals surface area contributed by atoms with E-state index >= 15 is 0 Å². The summed E-state index contributed by atoms with van der Waals surface area (Å²) in [6.07, 6.45) is 3.51. The minimum Gasteiger partial charge on any atom is -0.361 e. The number of aromatic nitrogens is 3. The lowest BCUT2D eigenvalue weighted by Gasteiger charge is -1.98. The molecule has 0 aliphatic heterocycles. The minimum absolute atomic E-state index is 0.544. The summed E-state index contributed by atoms with van der Waals surface area (Å²) in [5.41, 5.74) is 10.1. The first-order valence-corrected chi connectivity index (χ1v) is 8.00. The normalized spacial score (nSPS) is 11.2. The van der Waals surface area contributed by atoms with E-state index in [-0.39, 0.29) is 0 Å². The van der Waals surface area contributed by atoms with Crippen molar-refractivity contribution in [3.8, 4) is 11.5 Å². The maximum atomic E-state index is 5.68. The molecule has 0 aliphatic carbocycles. The number of nitrogens with zero attached hydrogens (tertiary/aromatic N) is 2. The topological polar surface area (TPSA) is 80.7 Å². The number of hydrogen-bond donors (Lipinski definition) is 2. The highest BCUT2D eigenvalue weighted by Crippen LogP contribution is 2.26. The molecule has 0 saturated carbocycles. The molecule has 0 amide bonds. The lowest BCUT2D eigenvalue weighted by molar-refractivity contribution is 0.424. The SMILES string of the molecule is NCCc1c[nH]c2ccc(-c3nc(Cc4ccccc4)no3)cc12. The van der Waals surface area contributed by atoms with Crippen molar-refractivity contribution in [1.82, 2.24) is 15.1 Å². The Kier molecular flexibility index (Phi) is 3.84. The highest BCUT2D eigenvalue weighted by molar-refractivity contribution is 5.87. The van der Waals surface area contributed by atoms with Crippen molar-refractivity contribution < 1.29 is 4.52 Å². The van der Waals surface area contributed by atoms with Crippen molar-refractivity contribution in [3.63, 3.8) is 0 Å². The van der Waals surface area contributed by atoms with Gasteiger partial charge in [-0.25, -0.2) is 0 Å². The van der Waals surface area contributed by atoms with Gasteiger partial charge in [-0.05, 0) is 42.3 Å². The van der Waals surface area contributed by atoms with Gasteiger partial charge in [0.1, 0.15) is 0 Å². The summed E-state index contributed by atoms with van der Waals surface area (Å²) in [5, 5.41) is 5.25. The number of hydrogen-bond acceptors (Lipinski definition) is 4. The van der Waals surface area contributed by atoms with Gasteiger partial charge in [-0.2, -0.15) is 4.98 Å². The van der Waals surface area contributed by atoms with Crippen LogP contribution in [0.1, 0.15) is 17.0 Å². The molecule has 4 rings (SSSR count). The average Bonchev–Trinajstić information content (AvgIpc) is 3.23. The zero-order valence-corrected chi connectivity index (χ0v) is 13.2. The Labute approximate surface area is 139 Å². The Morgan fingerprint density at radius 1 is 1.08 bits per heavy atom. The van der Waals surface area contributed by atoms with Crippen LogP contribution in [-0.2, 0) is 12.8 Å². The number of nitrogens with two attached hydrogens (primary N) is 1. The molecule has 0 fully saturated rings. The lowest BCUT2D eigenvalue weighted by atomic mass is 10.1. The third kappa shape index (κ3) is 2.81. The van der Waals surface area contributed by atoms with Gasteiger partial charge in [-0.1, -0.05) is 35.5 Å². The highest BCUT2D eigenvalue weighted by atomic mass is 16.5. The predicted molar refractivity (Wildman–Crippen MR) is 93.6 cm³/mol. The van der Waals surface area contributed by atoms with Crippen LogP contribution in [-0.4, -0.2) is 21.7 Å². The number of nitrogens with one attached hydrogen (secondary N) is 1. The third-order valence-electron chi connectivity index (χ3n) is 4.10. The van der Waals surface area contributed by atoms with Crippen LogP contribution in [0, 0.1) is 0 Å². The number of fused-ring (bicyclic) bond motifs is 1. The molecule has 3 N–H and O–H groups in total. The highest BCUT2D eigenvalue weighted by Gasteiger charge is 2.11. The molecular formula is C19H18N4O. The quantitative estimate of drug-likeness (QED) is 0.591. The number of rotatable bonds is 5. The van der Waals surface area contributed by atoms with Crippen molar-refractivity contribution in [2.45, 2.75) is 12.8 Å². The Bertz CT molecular complexity index is 956. The molecule has 4 aromatic rings. The molecule has 2 aromatic heterocycles. The van der Waals surface area contributed by atoms with E-state index in [1.807, 2.05) is 36.5 Å². The van der Waals surface area contributed by atoms with Gasteiger partial charge in [0.25, 0.3) is 5.89 Å². The molecule has 0 radical (unpaired) electrons. The third-order valence-corrected chi connectivity index (χ3v) is 4.10. The summed E-state index contributed by atoms with van der Waals surface area (Å²) < 4.78 is 5.45. The van der Waals surface area contributed by atoms with E-state index in [9.17, 15) is 0 Å². The van der Waals surface area contributed by atoms with Gasteiger partial charge in [-0.15, -0.1) is 0 Å². The van der Waals surface area contributed by atoms with E-state index in [4.69, 9.17) is 10.3 Å². The fraction of sp³-hybridized carbons (Fsp3) is 0.158. The van der Waals surface area contributed by atoms with Crippen LogP contribution in [0.2, 0.25) is 0 Å². The van der Waals surface area contributed by atoms with Gasteiger partial charge in [-0.3, -0.25) is 0 Å². The molecule has 24 heavy (non-hydrogen) atoms. The van der Waals surface area contributed by atoms with E-state index in [0.29, 0.717) is 24.7 Å². The van der Waals surface area contributed by atoms with E-state index in [0.717, 1.165) is 28.5 Å². The second kappa shape index (κ2) is 6.29. The van der Waals surface area contributed by atoms with E-state index in [2.05, 4.69) is 33.3 Å². The molecular weight excluding hydrogens is 300 g/mol.